The van der Waals surface area contributed by atoms with Gasteiger partial charge >= 0.3 is 0 Å². The van der Waals surface area contributed by atoms with E-state index < -0.39 is 0 Å². The second-order valence-electron chi connectivity index (χ2n) is 6.65. The quantitative estimate of drug-likeness (QED) is 0.830. The topological polar surface area (TPSA) is 34.0 Å². The van der Waals surface area contributed by atoms with Gasteiger partial charge in [0.2, 0.25) is 0 Å². The van der Waals surface area contributed by atoms with Crippen molar-refractivity contribution in [2.24, 2.45) is 5.92 Å². The van der Waals surface area contributed by atoms with Crippen molar-refractivity contribution < 1.29 is 4.79 Å². The fourth-order valence-corrected chi connectivity index (χ4v) is 4.31. The highest BCUT2D eigenvalue weighted by Crippen LogP contribution is 2.27. The number of hydrogen-bond acceptors (Lipinski definition) is 2. The number of nitrogens with one attached hydrogen (secondary N) is 1. The van der Waals surface area contributed by atoms with Gasteiger partial charge in [0.25, 0.3) is 5.91 Å². The van der Waals surface area contributed by atoms with Crippen molar-refractivity contribution in [2.75, 3.05) is 6.54 Å². The van der Waals surface area contributed by atoms with Crippen molar-refractivity contribution >= 4 is 17.2 Å². The predicted molar refractivity (Wildman–Crippen MR) is 96.2 cm³/mol. The molecule has 0 aromatic carbocycles. The van der Waals surface area contributed by atoms with Gasteiger partial charge in [0.15, 0.2) is 0 Å². The summed E-state index contributed by atoms with van der Waals surface area (Å²) in [5.74, 6) is 0.898. The van der Waals surface area contributed by atoms with E-state index in [0.717, 1.165) is 42.4 Å². The van der Waals surface area contributed by atoms with E-state index in [-0.39, 0.29) is 5.91 Å². The summed E-state index contributed by atoms with van der Waals surface area (Å²) in [6.45, 7) is 5.78. The van der Waals surface area contributed by atoms with E-state index in [1.54, 1.807) is 11.3 Å². The van der Waals surface area contributed by atoms with Crippen LogP contribution in [0.5, 0.6) is 0 Å². The summed E-state index contributed by atoms with van der Waals surface area (Å²) in [6.07, 6.45) is 6.53. The van der Waals surface area contributed by atoms with E-state index in [2.05, 4.69) is 34.3 Å². The zero-order valence-electron chi connectivity index (χ0n) is 14.1. The Morgan fingerprint density at radius 3 is 2.83 bits per heavy atom. The lowest BCUT2D eigenvalue weighted by atomic mass is 10.0. The molecule has 23 heavy (non-hydrogen) atoms. The van der Waals surface area contributed by atoms with Gasteiger partial charge in [-0.15, -0.1) is 11.3 Å². The highest BCUT2D eigenvalue weighted by atomic mass is 32.1. The van der Waals surface area contributed by atoms with Gasteiger partial charge in [-0.05, 0) is 43.7 Å². The molecule has 1 saturated carbocycles. The van der Waals surface area contributed by atoms with Gasteiger partial charge in [-0.2, -0.15) is 0 Å². The highest BCUT2D eigenvalue weighted by Gasteiger charge is 2.18. The Hall–Kier alpha value is -1.55. The maximum Gasteiger partial charge on any atom is 0.253 e. The molecule has 1 aliphatic carbocycles. The fourth-order valence-electron chi connectivity index (χ4n) is 3.62. The van der Waals surface area contributed by atoms with Crippen LogP contribution in [0.1, 0.15) is 58.7 Å². The lowest BCUT2D eigenvalue weighted by molar-refractivity contribution is 0.0950. The summed E-state index contributed by atoms with van der Waals surface area (Å²) in [7, 11) is 0. The molecule has 2 heterocycles. The van der Waals surface area contributed by atoms with Gasteiger partial charge in [-0.25, -0.2) is 0 Å². The Kier molecular flexibility index (Phi) is 5.21. The van der Waals surface area contributed by atoms with Crippen molar-refractivity contribution in [3.8, 4) is 0 Å². The number of carbonyl (C=O) groups is 1. The standard InChI is InChI=1S/C19H26N2OS/c1-14-12-18(15(2)21(14)13-17-8-5-11-23-17)19(22)20-10-9-16-6-3-4-7-16/h5,8,11-12,16H,3-4,6-7,9-10,13H2,1-2H3,(H,20,22). The second-order valence-corrected chi connectivity index (χ2v) is 7.68. The SMILES string of the molecule is Cc1cc(C(=O)NCCC2CCCC2)c(C)n1Cc1cccs1. The second kappa shape index (κ2) is 7.35. The number of carbonyl (C=O) groups excluding carboxylic acids is 1. The van der Waals surface area contributed by atoms with E-state index >= 15 is 0 Å². The van der Waals surface area contributed by atoms with Crippen LogP contribution in [0, 0.1) is 19.8 Å². The molecule has 0 radical (unpaired) electrons. The molecule has 1 N–H and O–H groups in total. The first-order chi connectivity index (χ1) is 11.1. The van der Waals surface area contributed by atoms with E-state index in [4.69, 9.17) is 0 Å². The van der Waals surface area contributed by atoms with E-state index in [1.165, 1.54) is 30.6 Å². The summed E-state index contributed by atoms with van der Waals surface area (Å²) in [4.78, 5) is 13.8. The molecule has 0 atom stereocenters. The van der Waals surface area contributed by atoms with Crippen LogP contribution >= 0.6 is 11.3 Å². The molecule has 3 nitrogen and oxygen atoms in total. The number of nitrogens with zero attached hydrogens (tertiary/aromatic N) is 1. The maximum atomic E-state index is 12.5. The zero-order chi connectivity index (χ0) is 16.2. The third kappa shape index (κ3) is 3.86. The van der Waals surface area contributed by atoms with Crippen LogP contribution in [-0.4, -0.2) is 17.0 Å². The minimum atomic E-state index is 0.0773. The highest BCUT2D eigenvalue weighted by molar-refractivity contribution is 7.09. The molecule has 0 spiro atoms. The van der Waals surface area contributed by atoms with Crippen molar-refractivity contribution in [1.29, 1.82) is 0 Å². The Morgan fingerprint density at radius 1 is 1.35 bits per heavy atom. The predicted octanol–water partition coefficient (Wildman–Crippen LogP) is 4.52. The van der Waals surface area contributed by atoms with E-state index in [1.807, 2.05) is 13.0 Å². The largest absolute Gasteiger partial charge is 0.352 e. The maximum absolute atomic E-state index is 12.5. The number of rotatable bonds is 6. The molecule has 4 heteroatoms. The molecule has 0 saturated heterocycles. The monoisotopic (exact) mass is 330 g/mol. The summed E-state index contributed by atoms with van der Waals surface area (Å²) in [6, 6.07) is 6.24. The molecular weight excluding hydrogens is 304 g/mol. The summed E-state index contributed by atoms with van der Waals surface area (Å²) in [5, 5.41) is 5.21. The van der Waals surface area contributed by atoms with E-state index in [9.17, 15) is 4.79 Å². The van der Waals surface area contributed by atoms with Gasteiger partial charge in [0.05, 0.1) is 12.1 Å². The van der Waals surface area contributed by atoms with Crippen LogP contribution in [-0.2, 0) is 6.54 Å². The number of aryl methyl sites for hydroxylation is 1. The third-order valence-corrected chi connectivity index (χ3v) is 5.89. The minimum absolute atomic E-state index is 0.0773. The number of thiophene rings is 1. The lowest BCUT2D eigenvalue weighted by Crippen LogP contribution is -2.26. The zero-order valence-corrected chi connectivity index (χ0v) is 14.9. The van der Waals surface area contributed by atoms with Crippen LogP contribution in [0.4, 0.5) is 0 Å². The van der Waals surface area contributed by atoms with E-state index in [0.29, 0.717) is 0 Å². The molecule has 0 aliphatic heterocycles. The molecule has 1 amide bonds. The normalized spacial score (nSPS) is 15.2. The first-order valence-electron chi connectivity index (χ1n) is 8.62. The van der Waals surface area contributed by atoms with Gasteiger partial charge in [-0.3, -0.25) is 4.79 Å². The molecule has 3 rings (SSSR count). The van der Waals surface area contributed by atoms with Crippen molar-refractivity contribution in [3.63, 3.8) is 0 Å². The Morgan fingerprint density at radius 2 is 2.13 bits per heavy atom. The summed E-state index contributed by atoms with van der Waals surface area (Å²) in [5.41, 5.74) is 3.04. The van der Waals surface area contributed by atoms with Crippen LogP contribution in [0.2, 0.25) is 0 Å². The Bertz CT molecular complexity index is 651. The molecule has 124 valence electrons. The average Bonchev–Trinajstić information content (AvgIpc) is 3.26. The minimum Gasteiger partial charge on any atom is -0.352 e. The first kappa shape index (κ1) is 16.3. The molecular formula is C19H26N2OS. The van der Waals surface area contributed by atoms with Crippen molar-refractivity contribution in [2.45, 2.75) is 52.5 Å². The lowest BCUT2D eigenvalue weighted by Gasteiger charge is -2.11. The summed E-state index contributed by atoms with van der Waals surface area (Å²) < 4.78 is 2.23. The van der Waals surface area contributed by atoms with Gasteiger partial charge in [0.1, 0.15) is 0 Å². The Labute approximate surface area is 142 Å². The average molecular weight is 330 g/mol. The van der Waals surface area contributed by atoms with Crippen LogP contribution in [0.15, 0.2) is 23.6 Å². The smallest absolute Gasteiger partial charge is 0.253 e. The number of amides is 1. The van der Waals surface area contributed by atoms with Crippen LogP contribution in [0.3, 0.4) is 0 Å². The molecule has 1 aliphatic rings. The number of hydrogen-bond donors (Lipinski definition) is 1. The van der Waals surface area contributed by atoms with Crippen LogP contribution in [0.25, 0.3) is 0 Å². The molecule has 2 aromatic rings. The molecule has 2 aromatic heterocycles. The van der Waals surface area contributed by atoms with Gasteiger partial charge in [0, 0.05) is 22.8 Å². The van der Waals surface area contributed by atoms with Gasteiger partial charge < -0.3 is 9.88 Å². The van der Waals surface area contributed by atoms with Crippen molar-refractivity contribution in [3.05, 3.63) is 45.4 Å². The van der Waals surface area contributed by atoms with Crippen molar-refractivity contribution in [1.82, 2.24) is 9.88 Å². The van der Waals surface area contributed by atoms with Gasteiger partial charge in [-0.1, -0.05) is 31.7 Å². The Balaban J connectivity index is 1.61. The third-order valence-electron chi connectivity index (χ3n) is 5.03. The summed E-state index contributed by atoms with van der Waals surface area (Å²) >= 11 is 1.76. The first-order valence-corrected chi connectivity index (χ1v) is 9.50. The van der Waals surface area contributed by atoms with Crippen LogP contribution < -0.4 is 5.32 Å². The fraction of sp³-hybridized carbons (Fsp3) is 0.526. The molecule has 0 unspecified atom stereocenters. The molecule has 0 bridgehead atoms. The number of aromatic nitrogens is 1. The molecule has 1 fully saturated rings.